The number of aldehydes is 1. The Hall–Kier alpha value is -1.69. The molecule has 0 fully saturated rings. The molecule has 1 aromatic heterocycles. The highest BCUT2D eigenvalue weighted by Gasteiger charge is 2.20. The second-order valence-electron chi connectivity index (χ2n) is 4.65. The van der Waals surface area contributed by atoms with E-state index >= 15 is 0 Å². The van der Waals surface area contributed by atoms with Gasteiger partial charge in [0.25, 0.3) is 0 Å². The second kappa shape index (κ2) is 6.65. The maximum absolute atomic E-state index is 11.3. The van der Waals surface area contributed by atoms with Gasteiger partial charge in [0.15, 0.2) is 12.2 Å². The van der Waals surface area contributed by atoms with Crippen LogP contribution in [0.25, 0.3) is 0 Å². The van der Waals surface area contributed by atoms with Gasteiger partial charge in [-0.2, -0.15) is 0 Å². The third-order valence-corrected chi connectivity index (χ3v) is 4.53. The molecular weight excluding hydrogens is 278 g/mol. The van der Waals surface area contributed by atoms with Crippen molar-refractivity contribution < 1.29 is 19.4 Å². The third-order valence-electron chi connectivity index (χ3n) is 3.33. The number of nitrogens with zero attached hydrogens (tertiary/aromatic N) is 1. The number of thiophene rings is 1. The summed E-state index contributed by atoms with van der Waals surface area (Å²) in [5, 5.41) is 9.34. The summed E-state index contributed by atoms with van der Waals surface area (Å²) in [5.41, 5.74) is 1.76. The van der Waals surface area contributed by atoms with Gasteiger partial charge in [0.05, 0.1) is 19.1 Å². The minimum atomic E-state index is -0.893. The molecule has 6 heteroatoms. The summed E-state index contributed by atoms with van der Waals surface area (Å²) in [6.07, 6.45) is 5.21. The second-order valence-corrected chi connectivity index (χ2v) is 5.73. The Morgan fingerprint density at radius 2 is 2.15 bits per heavy atom. The Labute approximate surface area is 121 Å². The highest BCUT2D eigenvalue weighted by atomic mass is 32.1. The molecule has 0 bridgehead atoms. The first kappa shape index (κ1) is 14.7. The highest BCUT2D eigenvalue weighted by Crippen LogP contribution is 2.39. The first-order valence-corrected chi connectivity index (χ1v) is 7.40. The van der Waals surface area contributed by atoms with Crippen molar-refractivity contribution in [3.63, 3.8) is 0 Å². The molecule has 5 nitrogen and oxygen atoms in total. The van der Waals surface area contributed by atoms with Gasteiger partial charge in [-0.05, 0) is 31.2 Å². The van der Waals surface area contributed by atoms with Crippen molar-refractivity contribution in [2.45, 2.75) is 38.5 Å². The van der Waals surface area contributed by atoms with Gasteiger partial charge in [0.1, 0.15) is 5.00 Å². The smallest absolute Gasteiger partial charge is 0.303 e. The zero-order valence-electron chi connectivity index (χ0n) is 11.3. The van der Waals surface area contributed by atoms with E-state index in [1.807, 2.05) is 0 Å². The average Bonchev–Trinajstić information content (AvgIpc) is 2.80. The lowest BCUT2D eigenvalue weighted by Crippen LogP contribution is -2.05. The molecule has 0 radical (unpaired) electrons. The number of ether oxygens (including phenoxy) is 1. The third kappa shape index (κ3) is 3.25. The monoisotopic (exact) mass is 295 g/mol. The maximum atomic E-state index is 11.3. The minimum absolute atomic E-state index is 0.0335. The molecule has 0 aliphatic heterocycles. The number of hydrogen-bond acceptors (Lipinski definition) is 5. The summed E-state index contributed by atoms with van der Waals surface area (Å²) in [6.45, 7) is 0. The molecule has 20 heavy (non-hydrogen) atoms. The molecule has 1 aromatic rings. The van der Waals surface area contributed by atoms with Gasteiger partial charge < -0.3 is 9.84 Å². The molecule has 0 saturated carbocycles. The van der Waals surface area contributed by atoms with E-state index in [1.165, 1.54) is 23.3 Å². The number of aryl methyl sites for hydroxylation is 1. The van der Waals surface area contributed by atoms with Crippen molar-refractivity contribution in [1.29, 1.82) is 0 Å². The Bertz CT molecular complexity index is 548. The van der Waals surface area contributed by atoms with E-state index in [-0.39, 0.29) is 12.8 Å². The Morgan fingerprint density at radius 3 is 2.80 bits per heavy atom. The predicted molar refractivity (Wildman–Crippen MR) is 77.3 cm³/mol. The number of carbonyl (C=O) groups is 2. The average molecular weight is 295 g/mol. The van der Waals surface area contributed by atoms with Crippen LogP contribution >= 0.6 is 11.3 Å². The van der Waals surface area contributed by atoms with E-state index in [2.05, 4.69) is 4.99 Å². The quantitative estimate of drug-likeness (QED) is 0.515. The van der Waals surface area contributed by atoms with Crippen molar-refractivity contribution in [2.75, 3.05) is 7.11 Å². The molecule has 0 amide bonds. The molecule has 108 valence electrons. The Balaban J connectivity index is 2.28. The molecular formula is C14H17NO4S. The van der Waals surface area contributed by atoms with Crippen LogP contribution in [0.15, 0.2) is 4.99 Å². The standard InChI is InChI=1S/C14H17NO4S/c1-19-12(6-7-13(17)18)15-14-10(8-16)9-4-2-3-5-11(9)20-14/h8H,2-7H2,1H3,(H,17,18). The topological polar surface area (TPSA) is 76.0 Å². The van der Waals surface area contributed by atoms with Crippen molar-refractivity contribution in [1.82, 2.24) is 0 Å². The SMILES string of the molecule is COC(CCC(=O)O)=Nc1sc2c(c1C=O)CCCC2. The first-order valence-electron chi connectivity index (χ1n) is 6.58. The van der Waals surface area contributed by atoms with Gasteiger partial charge in [-0.3, -0.25) is 9.59 Å². The summed E-state index contributed by atoms with van der Waals surface area (Å²) in [7, 11) is 1.47. The lowest BCUT2D eigenvalue weighted by molar-refractivity contribution is -0.136. The lowest BCUT2D eigenvalue weighted by atomic mass is 9.96. The van der Waals surface area contributed by atoms with Crippen LogP contribution in [0.2, 0.25) is 0 Å². The van der Waals surface area contributed by atoms with Gasteiger partial charge in [-0.15, -0.1) is 11.3 Å². The number of carboxylic acid groups (broad SMARTS) is 1. The van der Waals surface area contributed by atoms with Crippen LogP contribution in [0, 0.1) is 0 Å². The zero-order chi connectivity index (χ0) is 14.5. The fourth-order valence-electron chi connectivity index (χ4n) is 2.31. The van der Waals surface area contributed by atoms with Crippen molar-refractivity contribution >= 4 is 34.5 Å². The molecule has 1 aliphatic carbocycles. The van der Waals surface area contributed by atoms with Gasteiger partial charge >= 0.3 is 5.97 Å². The number of carbonyl (C=O) groups excluding carboxylic acids is 1. The zero-order valence-corrected chi connectivity index (χ0v) is 12.2. The predicted octanol–water partition coefficient (Wildman–Crippen LogP) is 2.98. The van der Waals surface area contributed by atoms with Crippen LogP contribution < -0.4 is 0 Å². The Kier molecular flexibility index (Phi) is 4.89. The number of aliphatic imine (C=N–C) groups is 1. The van der Waals surface area contributed by atoms with Crippen LogP contribution in [0.3, 0.4) is 0 Å². The fourth-order valence-corrected chi connectivity index (χ4v) is 3.55. The summed E-state index contributed by atoms with van der Waals surface area (Å²) >= 11 is 1.52. The van der Waals surface area contributed by atoms with Gasteiger partial charge in [-0.1, -0.05) is 0 Å². The van der Waals surface area contributed by atoms with E-state index in [1.54, 1.807) is 0 Å². The van der Waals surface area contributed by atoms with E-state index in [0.29, 0.717) is 16.5 Å². The number of rotatable bonds is 5. The van der Waals surface area contributed by atoms with Gasteiger partial charge in [0.2, 0.25) is 0 Å². The number of carboxylic acids is 1. The lowest BCUT2D eigenvalue weighted by Gasteiger charge is -2.09. The summed E-state index contributed by atoms with van der Waals surface area (Å²) in [5.74, 6) is -0.537. The molecule has 0 spiro atoms. The molecule has 0 aromatic carbocycles. The normalized spacial score (nSPS) is 14.8. The van der Waals surface area contributed by atoms with Crippen LogP contribution in [0.5, 0.6) is 0 Å². The van der Waals surface area contributed by atoms with E-state index in [9.17, 15) is 9.59 Å². The van der Waals surface area contributed by atoms with Crippen molar-refractivity contribution in [3.05, 3.63) is 16.0 Å². The number of fused-ring (bicyclic) bond motifs is 1. The van der Waals surface area contributed by atoms with Crippen LogP contribution in [-0.2, 0) is 22.4 Å². The molecule has 2 rings (SSSR count). The summed E-state index contributed by atoms with van der Waals surface area (Å²) < 4.78 is 5.11. The van der Waals surface area contributed by atoms with Crippen molar-refractivity contribution in [2.24, 2.45) is 4.99 Å². The summed E-state index contributed by atoms with van der Waals surface area (Å²) in [4.78, 5) is 27.5. The number of aliphatic carboxylic acids is 1. The van der Waals surface area contributed by atoms with Gasteiger partial charge in [-0.25, -0.2) is 4.99 Å². The molecule has 0 saturated heterocycles. The van der Waals surface area contributed by atoms with Crippen LogP contribution in [-0.4, -0.2) is 30.4 Å². The number of methoxy groups -OCH3 is 1. The maximum Gasteiger partial charge on any atom is 0.303 e. The Morgan fingerprint density at radius 1 is 1.40 bits per heavy atom. The molecule has 1 aliphatic rings. The van der Waals surface area contributed by atoms with Gasteiger partial charge in [0, 0.05) is 11.3 Å². The largest absolute Gasteiger partial charge is 0.484 e. The fraction of sp³-hybridized carbons (Fsp3) is 0.500. The van der Waals surface area contributed by atoms with E-state index in [0.717, 1.165) is 37.5 Å². The molecule has 1 heterocycles. The van der Waals surface area contributed by atoms with Crippen LogP contribution in [0.1, 0.15) is 46.5 Å². The number of hydrogen-bond donors (Lipinski definition) is 1. The van der Waals surface area contributed by atoms with Crippen molar-refractivity contribution in [3.8, 4) is 0 Å². The van der Waals surface area contributed by atoms with E-state index < -0.39 is 5.97 Å². The summed E-state index contributed by atoms with van der Waals surface area (Å²) in [6, 6.07) is 0. The first-order chi connectivity index (χ1) is 9.65. The molecule has 0 unspecified atom stereocenters. The minimum Gasteiger partial charge on any atom is -0.484 e. The van der Waals surface area contributed by atoms with Crippen LogP contribution in [0.4, 0.5) is 5.00 Å². The molecule has 0 atom stereocenters. The highest BCUT2D eigenvalue weighted by molar-refractivity contribution is 7.16. The molecule has 1 N–H and O–H groups in total. The van der Waals surface area contributed by atoms with E-state index in [4.69, 9.17) is 9.84 Å².